The van der Waals surface area contributed by atoms with Crippen LogP contribution in [0.3, 0.4) is 0 Å². The number of benzene rings is 2. The van der Waals surface area contributed by atoms with Crippen molar-refractivity contribution in [3.8, 4) is 11.5 Å². The molecule has 29 heavy (non-hydrogen) atoms. The molecule has 0 radical (unpaired) electrons. The number of aromatic nitrogens is 2. The molecule has 3 rings (SSSR count). The summed E-state index contributed by atoms with van der Waals surface area (Å²) in [5, 5.41) is 13.6. The molecule has 0 saturated heterocycles. The molecule has 2 aromatic carbocycles. The molecule has 150 valence electrons. The Balaban J connectivity index is 1.47. The molecule has 0 aliphatic heterocycles. The van der Waals surface area contributed by atoms with E-state index in [1.807, 2.05) is 44.2 Å². The van der Waals surface area contributed by atoms with Gasteiger partial charge in [0, 0.05) is 10.0 Å². The zero-order valence-corrected chi connectivity index (χ0v) is 18.3. The van der Waals surface area contributed by atoms with Gasteiger partial charge in [-0.15, -0.1) is 10.2 Å². The van der Waals surface area contributed by atoms with E-state index in [9.17, 15) is 9.59 Å². The summed E-state index contributed by atoms with van der Waals surface area (Å²) in [5.41, 5.74) is 3.70. The standard InChI is InChI=1S/C20H19BrN4O3S/c1-12-7-13(2)9-14(8-12)19-24-25-20(28-19)29-11-18(27)22-10-17(26)23-16-6-4-3-5-15(16)21/h3-9H,10-11H2,1-2H3,(H,22,27)(H,23,26). The van der Waals surface area contributed by atoms with Gasteiger partial charge in [-0.1, -0.05) is 41.1 Å². The number of para-hydroxylation sites is 1. The molecular weight excluding hydrogens is 456 g/mol. The molecule has 0 aliphatic carbocycles. The highest BCUT2D eigenvalue weighted by atomic mass is 79.9. The smallest absolute Gasteiger partial charge is 0.277 e. The fourth-order valence-corrected chi connectivity index (χ4v) is 3.57. The molecule has 2 amide bonds. The molecule has 0 spiro atoms. The Morgan fingerprint density at radius 1 is 1.07 bits per heavy atom. The lowest BCUT2D eigenvalue weighted by Gasteiger charge is -2.07. The van der Waals surface area contributed by atoms with E-state index in [0.29, 0.717) is 16.8 Å². The van der Waals surface area contributed by atoms with Crippen molar-refractivity contribution in [1.29, 1.82) is 0 Å². The van der Waals surface area contributed by atoms with Crippen LogP contribution in [-0.2, 0) is 9.59 Å². The minimum Gasteiger partial charge on any atom is -0.411 e. The average Bonchev–Trinajstić information content (AvgIpc) is 3.15. The highest BCUT2D eigenvalue weighted by molar-refractivity contribution is 9.10. The number of aryl methyl sites for hydroxylation is 2. The van der Waals surface area contributed by atoms with Crippen molar-refractivity contribution in [2.24, 2.45) is 0 Å². The third kappa shape index (κ3) is 6.16. The Kier molecular flexibility index (Phi) is 7.05. The quantitative estimate of drug-likeness (QED) is 0.502. The summed E-state index contributed by atoms with van der Waals surface area (Å²) in [7, 11) is 0. The maximum atomic E-state index is 12.0. The molecule has 0 bridgehead atoms. The van der Waals surface area contributed by atoms with E-state index in [4.69, 9.17) is 4.42 Å². The van der Waals surface area contributed by atoms with Crippen LogP contribution in [-0.4, -0.2) is 34.3 Å². The first-order valence-electron chi connectivity index (χ1n) is 8.77. The molecule has 1 aromatic heterocycles. The topological polar surface area (TPSA) is 97.1 Å². The summed E-state index contributed by atoms with van der Waals surface area (Å²) in [6, 6.07) is 13.2. The summed E-state index contributed by atoms with van der Waals surface area (Å²) >= 11 is 4.47. The van der Waals surface area contributed by atoms with Gasteiger partial charge in [0.25, 0.3) is 5.22 Å². The van der Waals surface area contributed by atoms with Gasteiger partial charge in [-0.3, -0.25) is 9.59 Å². The van der Waals surface area contributed by atoms with Crippen molar-refractivity contribution in [3.63, 3.8) is 0 Å². The van der Waals surface area contributed by atoms with Crippen LogP contribution in [0.4, 0.5) is 5.69 Å². The van der Waals surface area contributed by atoms with Crippen LogP contribution >= 0.6 is 27.7 Å². The van der Waals surface area contributed by atoms with E-state index in [2.05, 4.69) is 42.8 Å². The van der Waals surface area contributed by atoms with Crippen LogP contribution in [0.5, 0.6) is 0 Å². The number of nitrogens with one attached hydrogen (secondary N) is 2. The number of carbonyl (C=O) groups is 2. The van der Waals surface area contributed by atoms with E-state index in [-0.39, 0.29) is 24.1 Å². The van der Waals surface area contributed by atoms with Gasteiger partial charge in [0.05, 0.1) is 18.0 Å². The summed E-state index contributed by atoms with van der Waals surface area (Å²) in [6.45, 7) is 3.87. The molecule has 0 unspecified atom stereocenters. The van der Waals surface area contributed by atoms with Gasteiger partial charge in [0.1, 0.15) is 0 Å². The van der Waals surface area contributed by atoms with E-state index in [1.54, 1.807) is 6.07 Å². The summed E-state index contributed by atoms with van der Waals surface area (Å²) < 4.78 is 6.39. The SMILES string of the molecule is Cc1cc(C)cc(-c2nnc(SCC(=O)NCC(=O)Nc3ccccc3Br)o2)c1. The Labute approximate surface area is 180 Å². The van der Waals surface area contributed by atoms with Crippen LogP contribution in [0.25, 0.3) is 11.5 Å². The Morgan fingerprint density at radius 2 is 1.79 bits per heavy atom. The van der Waals surface area contributed by atoms with Crippen LogP contribution in [0.2, 0.25) is 0 Å². The zero-order chi connectivity index (χ0) is 20.8. The highest BCUT2D eigenvalue weighted by Gasteiger charge is 2.13. The van der Waals surface area contributed by atoms with Crippen LogP contribution < -0.4 is 10.6 Å². The van der Waals surface area contributed by atoms with Crippen LogP contribution in [0.1, 0.15) is 11.1 Å². The van der Waals surface area contributed by atoms with Crippen molar-refractivity contribution < 1.29 is 14.0 Å². The van der Waals surface area contributed by atoms with Gasteiger partial charge in [-0.05, 0) is 54.0 Å². The highest BCUT2D eigenvalue weighted by Crippen LogP contribution is 2.25. The predicted molar refractivity (Wildman–Crippen MR) is 116 cm³/mol. The summed E-state index contributed by atoms with van der Waals surface area (Å²) in [5.74, 6) is -0.141. The number of nitrogens with zero attached hydrogens (tertiary/aromatic N) is 2. The van der Waals surface area contributed by atoms with Crippen LogP contribution in [0.15, 0.2) is 56.6 Å². The molecule has 0 fully saturated rings. The monoisotopic (exact) mass is 474 g/mol. The summed E-state index contributed by atoms with van der Waals surface area (Å²) in [6.07, 6.45) is 0. The third-order valence-corrected chi connectivity index (χ3v) is 5.31. The minimum atomic E-state index is -0.315. The van der Waals surface area contributed by atoms with Crippen molar-refractivity contribution in [3.05, 3.63) is 58.1 Å². The Hall–Kier alpha value is -2.65. The number of hydrogen-bond donors (Lipinski definition) is 2. The number of thioether (sulfide) groups is 1. The first kappa shape index (κ1) is 21.1. The Morgan fingerprint density at radius 3 is 2.52 bits per heavy atom. The maximum Gasteiger partial charge on any atom is 0.277 e. The first-order valence-corrected chi connectivity index (χ1v) is 10.5. The van der Waals surface area contributed by atoms with Gasteiger partial charge in [0.15, 0.2) is 0 Å². The largest absolute Gasteiger partial charge is 0.411 e. The van der Waals surface area contributed by atoms with E-state index < -0.39 is 0 Å². The molecule has 0 saturated carbocycles. The first-order chi connectivity index (χ1) is 13.9. The van der Waals surface area contributed by atoms with Crippen LogP contribution in [0, 0.1) is 13.8 Å². The van der Waals surface area contributed by atoms with Crippen molar-refractivity contribution in [2.45, 2.75) is 19.1 Å². The van der Waals surface area contributed by atoms with Crippen molar-refractivity contribution in [1.82, 2.24) is 15.5 Å². The van der Waals surface area contributed by atoms with Gasteiger partial charge < -0.3 is 15.1 Å². The maximum absolute atomic E-state index is 12.0. The second-order valence-electron chi connectivity index (χ2n) is 6.34. The predicted octanol–water partition coefficient (Wildman–Crippen LogP) is 3.96. The van der Waals surface area contributed by atoms with Crippen molar-refractivity contribution >= 4 is 45.2 Å². The molecule has 0 atom stereocenters. The summed E-state index contributed by atoms with van der Waals surface area (Å²) in [4.78, 5) is 24.0. The molecule has 1 heterocycles. The van der Waals surface area contributed by atoms with Gasteiger partial charge in [-0.2, -0.15) is 0 Å². The van der Waals surface area contributed by atoms with E-state index >= 15 is 0 Å². The van der Waals surface area contributed by atoms with Gasteiger partial charge in [0.2, 0.25) is 17.7 Å². The fraction of sp³-hybridized carbons (Fsp3) is 0.200. The lowest BCUT2D eigenvalue weighted by molar-refractivity contribution is -0.122. The van der Waals surface area contributed by atoms with Gasteiger partial charge >= 0.3 is 0 Å². The Bertz CT molecular complexity index is 1020. The average molecular weight is 475 g/mol. The molecule has 9 heteroatoms. The second-order valence-corrected chi connectivity index (χ2v) is 8.12. The fourth-order valence-electron chi connectivity index (χ4n) is 2.60. The minimum absolute atomic E-state index is 0.0663. The van der Waals surface area contributed by atoms with E-state index in [1.165, 1.54) is 0 Å². The molecule has 3 aromatic rings. The van der Waals surface area contributed by atoms with E-state index in [0.717, 1.165) is 32.9 Å². The number of hydrogen-bond acceptors (Lipinski definition) is 6. The number of halogens is 1. The van der Waals surface area contributed by atoms with Crippen molar-refractivity contribution in [2.75, 3.05) is 17.6 Å². The second kappa shape index (κ2) is 9.71. The zero-order valence-electron chi connectivity index (χ0n) is 15.9. The number of rotatable bonds is 7. The normalized spacial score (nSPS) is 10.6. The number of anilines is 1. The molecule has 2 N–H and O–H groups in total. The molecular formula is C20H19BrN4O3S. The number of carbonyl (C=O) groups excluding carboxylic acids is 2. The lowest BCUT2D eigenvalue weighted by Crippen LogP contribution is -2.33. The lowest BCUT2D eigenvalue weighted by atomic mass is 10.1. The molecule has 7 nitrogen and oxygen atoms in total. The third-order valence-electron chi connectivity index (χ3n) is 3.80. The number of amides is 2. The molecule has 0 aliphatic rings. The van der Waals surface area contributed by atoms with Gasteiger partial charge in [-0.25, -0.2) is 0 Å².